The summed E-state index contributed by atoms with van der Waals surface area (Å²) < 4.78 is 30.1. The highest BCUT2D eigenvalue weighted by Crippen LogP contribution is 2.10. The van der Waals surface area contributed by atoms with Crippen LogP contribution in [0.2, 0.25) is 0 Å². The molecule has 0 aliphatic rings. The third-order valence-electron chi connectivity index (χ3n) is 2.61. The van der Waals surface area contributed by atoms with Crippen LogP contribution in [0.3, 0.4) is 0 Å². The number of rotatable bonds is 8. The molecular formula is C11H20N2O4S. The SMILES string of the molecule is Cc1cc(CS(=O)(=O)N(C)CCCCCO)no1. The van der Waals surface area contributed by atoms with Gasteiger partial charge >= 0.3 is 0 Å². The zero-order chi connectivity index (χ0) is 13.6. The number of hydrogen-bond acceptors (Lipinski definition) is 5. The Labute approximate surface area is 108 Å². The summed E-state index contributed by atoms with van der Waals surface area (Å²) in [5.41, 5.74) is 0.426. The molecule has 0 atom stereocenters. The molecule has 1 aromatic heterocycles. The molecule has 18 heavy (non-hydrogen) atoms. The minimum Gasteiger partial charge on any atom is -0.396 e. The maximum Gasteiger partial charge on any atom is 0.219 e. The smallest absolute Gasteiger partial charge is 0.219 e. The van der Waals surface area contributed by atoms with Gasteiger partial charge in [-0.2, -0.15) is 0 Å². The molecule has 1 aromatic rings. The number of aromatic nitrogens is 1. The number of hydrogen-bond donors (Lipinski definition) is 1. The molecule has 1 heterocycles. The van der Waals surface area contributed by atoms with Gasteiger partial charge in [0, 0.05) is 26.3 Å². The number of sulfonamides is 1. The van der Waals surface area contributed by atoms with Gasteiger partial charge in [0.15, 0.2) is 0 Å². The van der Waals surface area contributed by atoms with Crippen molar-refractivity contribution in [2.45, 2.75) is 31.9 Å². The molecule has 0 radical (unpaired) electrons. The molecule has 0 unspecified atom stereocenters. The number of aliphatic hydroxyl groups excluding tert-OH is 1. The van der Waals surface area contributed by atoms with Gasteiger partial charge in [-0.1, -0.05) is 5.16 Å². The predicted molar refractivity (Wildman–Crippen MR) is 67.4 cm³/mol. The van der Waals surface area contributed by atoms with E-state index in [4.69, 9.17) is 9.63 Å². The highest BCUT2D eigenvalue weighted by atomic mass is 32.2. The summed E-state index contributed by atoms with van der Waals surface area (Å²) in [4.78, 5) is 0. The maximum atomic E-state index is 12.0. The van der Waals surface area contributed by atoms with Crippen molar-refractivity contribution in [1.29, 1.82) is 0 Å². The van der Waals surface area contributed by atoms with Gasteiger partial charge in [0.25, 0.3) is 0 Å². The lowest BCUT2D eigenvalue weighted by molar-refractivity contribution is 0.281. The quantitative estimate of drug-likeness (QED) is 0.713. The van der Waals surface area contributed by atoms with E-state index in [0.29, 0.717) is 24.4 Å². The van der Waals surface area contributed by atoms with Crippen LogP contribution in [-0.4, -0.2) is 43.2 Å². The number of aliphatic hydroxyl groups is 1. The van der Waals surface area contributed by atoms with Crippen molar-refractivity contribution in [2.75, 3.05) is 20.2 Å². The fraction of sp³-hybridized carbons (Fsp3) is 0.727. The van der Waals surface area contributed by atoms with Crippen LogP contribution in [-0.2, 0) is 15.8 Å². The molecule has 1 N–H and O–H groups in total. The van der Waals surface area contributed by atoms with Gasteiger partial charge in [-0.15, -0.1) is 0 Å². The minimum atomic E-state index is -3.34. The van der Waals surface area contributed by atoms with E-state index in [9.17, 15) is 8.42 Å². The first-order valence-electron chi connectivity index (χ1n) is 5.93. The van der Waals surface area contributed by atoms with Gasteiger partial charge in [-0.3, -0.25) is 0 Å². The standard InChI is InChI=1S/C11H20N2O4S/c1-10-8-11(12-17-10)9-18(15,16)13(2)6-4-3-5-7-14/h8,14H,3-7,9H2,1-2H3. The van der Waals surface area contributed by atoms with Crippen LogP contribution < -0.4 is 0 Å². The van der Waals surface area contributed by atoms with Gasteiger partial charge in [0.1, 0.15) is 17.2 Å². The number of unbranched alkanes of at least 4 members (excludes halogenated alkanes) is 2. The Hall–Kier alpha value is -0.920. The van der Waals surface area contributed by atoms with Gasteiger partial charge in [-0.25, -0.2) is 12.7 Å². The molecule has 0 saturated heterocycles. The molecule has 0 spiro atoms. The second-order valence-electron chi connectivity index (χ2n) is 4.29. The molecule has 1 rings (SSSR count). The normalized spacial score (nSPS) is 12.2. The van der Waals surface area contributed by atoms with Crippen LogP contribution in [0, 0.1) is 6.92 Å². The molecule has 0 saturated carbocycles. The van der Waals surface area contributed by atoms with Crippen molar-refractivity contribution in [3.8, 4) is 0 Å². The molecule has 104 valence electrons. The Bertz CT molecular complexity index is 455. The van der Waals surface area contributed by atoms with Gasteiger partial charge in [0.05, 0.1) is 0 Å². The Morgan fingerprint density at radius 2 is 2.11 bits per heavy atom. The van der Waals surface area contributed by atoms with Crippen LogP contribution >= 0.6 is 0 Å². The monoisotopic (exact) mass is 276 g/mol. The fourth-order valence-electron chi connectivity index (χ4n) is 1.55. The van der Waals surface area contributed by atoms with Crippen molar-refractivity contribution in [3.05, 3.63) is 17.5 Å². The lowest BCUT2D eigenvalue weighted by Gasteiger charge is -2.15. The zero-order valence-corrected chi connectivity index (χ0v) is 11.6. The number of nitrogens with zero attached hydrogens (tertiary/aromatic N) is 2. The lowest BCUT2D eigenvalue weighted by atomic mass is 10.2. The van der Waals surface area contributed by atoms with E-state index in [0.717, 1.165) is 12.8 Å². The van der Waals surface area contributed by atoms with Crippen molar-refractivity contribution in [3.63, 3.8) is 0 Å². The average Bonchev–Trinajstić information content (AvgIpc) is 2.69. The summed E-state index contributed by atoms with van der Waals surface area (Å²) in [6.45, 7) is 2.33. The van der Waals surface area contributed by atoms with Crippen LogP contribution in [0.4, 0.5) is 0 Å². The van der Waals surface area contributed by atoms with Crippen LogP contribution in [0.15, 0.2) is 10.6 Å². The van der Waals surface area contributed by atoms with Gasteiger partial charge in [-0.05, 0) is 26.2 Å². The largest absolute Gasteiger partial charge is 0.396 e. The second-order valence-corrected chi connectivity index (χ2v) is 6.37. The highest BCUT2D eigenvalue weighted by Gasteiger charge is 2.19. The van der Waals surface area contributed by atoms with E-state index < -0.39 is 10.0 Å². The van der Waals surface area contributed by atoms with Crippen molar-refractivity contribution in [1.82, 2.24) is 9.46 Å². The Morgan fingerprint density at radius 1 is 1.39 bits per heavy atom. The lowest BCUT2D eigenvalue weighted by Crippen LogP contribution is -2.29. The van der Waals surface area contributed by atoms with Crippen molar-refractivity contribution in [2.24, 2.45) is 0 Å². The Balaban J connectivity index is 2.47. The molecule has 0 aliphatic carbocycles. The van der Waals surface area contributed by atoms with Gasteiger partial charge < -0.3 is 9.63 Å². The van der Waals surface area contributed by atoms with E-state index in [-0.39, 0.29) is 12.4 Å². The Kier molecular flexibility index (Phi) is 5.77. The summed E-state index contributed by atoms with van der Waals surface area (Å²) in [5, 5.41) is 12.3. The molecule has 0 bridgehead atoms. The predicted octanol–water partition coefficient (Wildman–Crippen LogP) is 0.907. The van der Waals surface area contributed by atoms with Crippen LogP contribution in [0.25, 0.3) is 0 Å². The Morgan fingerprint density at radius 3 is 2.67 bits per heavy atom. The van der Waals surface area contributed by atoms with Crippen molar-refractivity contribution >= 4 is 10.0 Å². The first-order chi connectivity index (χ1) is 8.45. The maximum absolute atomic E-state index is 12.0. The number of aryl methyl sites for hydroxylation is 1. The summed E-state index contributed by atoms with van der Waals surface area (Å²) in [5.74, 6) is 0.465. The summed E-state index contributed by atoms with van der Waals surface area (Å²) in [7, 11) is -1.78. The highest BCUT2D eigenvalue weighted by molar-refractivity contribution is 7.88. The van der Waals surface area contributed by atoms with E-state index in [1.165, 1.54) is 4.31 Å². The fourth-order valence-corrected chi connectivity index (χ4v) is 2.68. The molecule has 0 aromatic carbocycles. The molecule has 0 aliphatic heterocycles. The first-order valence-corrected chi connectivity index (χ1v) is 7.53. The third-order valence-corrected chi connectivity index (χ3v) is 4.41. The van der Waals surface area contributed by atoms with E-state index >= 15 is 0 Å². The summed E-state index contributed by atoms with van der Waals surface area (Å²) >= 11 is 0. The first kappa shape index (κ1) is 15.1. The van der Waals surface area contributed by atoms with Crippen LogP contribution in [0.1, 0.15) is 30.7 Å². The third kappa shape index (κ3) is 4.75. The second kappa shape index (κ2) is 6.86. The topological polar surface area (TPSA) is 83.6 Å². The summed E-state index contributed by atoms with van der Waals surface area (Å²) in [6, 6.07) is 1.62. The summed E-state index contributed by atoms with van der Waals surface area (Å²) in [6.07, 6.45) is 2.27. The van der Waals surface area contributed by atoms with E-state index in [1.54, 1.807) is 20.0 Å². The zero-order valence-electron chi connectivity index (χ0n) is 10.8. The van der Waals surface area contributed by atoms with Gasteiger partial charge in [0.2, 0.25) is 10.0 Å². The molecular weight excluding hydrogens is 256 g/mol. The average molecular weight is 276 g/mol. The minimum absolute atomic E-state index is 0.138. The molecule has 6 nitrogen and oxygen atoms in total. The van der Waals surface area contributed by atoms with E-state index in [1.807, 2.05) is 0 Å². The van der Waals surface area contributed by atoms with E-state index in [2.05, 4.69) is 5.16 Å². The molecule has 7 heteroatoms. The molecule has 0 fully saturated rings. The van der Waals surface area contributed by atoms with Crippen molar-refractivity contribution < 1.29 is 18.0 Å². The molecule has 0 amide bonds. The van der Waals surface area contributed by atoms with Crippen LogP contribution in [0.5, 0.6) is 0 Å².